The fourth-order valence-electron chi connectivity index (χ4n) is 2.10. The van der Waals surface area contributed by atoms with Crippen LogP contribution in [0.2, 0.25) is 0 Å². The molecule has 2 unspecified atom stereocenters. The van der Waals surface area contributed by atoms with Crippen LogP contribution in [0.3, 0.4) is 0 Å². The van der Waals surface area contributed by atoms with E-state index in [4.69, 9.17) is 0 Å². The smallest absolute Gasteiger partial charge is 0.151 e. The maximum absolute atomic E-state index is 11.4. The molecule has 3 nitrogen and oxygen atoms in total. The van der Waals surface area contributed by atoms with Gasteiger partial charge in [0.05, 0.1) is 11.5 Å². The van der Waals surface area contributed by atoms with Crippen molar-refractivity contribution in [2.24, 2.45) is 0 Å². The van der Waals surface area contributed by atoms with Crippen LogP contribution in [0.1, 0.15) is 30.7 Å². The molecular formula is C11H17NO2S2. The van der Waals surface area contributed by atoms with E-state index in [9.17, 15) is 8.42 Å². The molecule has 1 aliphatic heterocycles. The van der Waals surface area contributed by atoms with E-state index in [1.54, 1.807) is 11.3 Å². The molecule has 5 heteroatoms. The van der Waals surface area contributed by atoms with Crippen LogP contribution < -0.4 is 5.32 Å². The first-order valence-electron chi connectivity index (χ1n) is 5.60. The van der Waals surface area contributed by atoms with Crippen molar-refractivity contribution in [1.29, 1.82) is 0 Å². The molecule has 1 aliphatic rings. The highest BCUT2D eigenvalue weighted by atomic mass is 32.2. The lowest BCUT2D eigenvalue weighted by molar-refractivity contribution is 0.455. The largest absolute Gasteiger partial charge is 0.305 e. The van der Waals surface area contributed by atoms with E-state index in [1.165, 1.54) is 4.88 Å². The Bertz CT molecular complexity index is 425. The van der Waals surface area contributed by atoms with Crippen LogP contribution in [-0.2, 0) is 9.84 Å². The molecule has 0 saturated carbocycles. The molecule has 2 heterocycles. The van der Waals surface area contributed by atoms with Crippen LogP contribution in [0.15, 0.2) is 17.5 Å². The average molecular weight is 259 g/mol. The van der Waals surface area contributed by atoms with Crippen molar-refractivity contribution < 1.29 is 8.42 Å². The normalized spacial score (nSPS) is 25.7. The molecule has 0 amide bonds. The summed E-state index contributed by atoms with van der Waals surface area (Å²) < 4.78 is 22.7. The summed E-state index contributed by atoms with van der Waals surface area (Å²) in [5.41, 5.74) is 0. The lowest BCUT2D eigenvalue weighted by atomic mass is 10.1. The zero-order valence-electron chi connectivity index (χ0n) is 9.35. The predicted molar refractivity (Wildman–Crippen MR) is 67.5 cm³/mol. The lowest BCUT2D eigenvalue weighted by Gasteiger charge is -2.19. The average Bonchev–Trinajstić information content (AvgIpc) is 2.84. The molecule has 1 N–H and O–H groups in total. The van der Waals surface area contributed by atoms with Crippen molar-refractivity contribution in [1.82, 2.24) is 5.32 Å². The Morgan fingerprint density at radius 1 is 1.62 bits per heavy atom. The SMILES string of the molecule is CCC(NC1CCS(=O)(=O)C1)c1cccs1. The van der Waals surface area contributed by atoms with Crippen LogP contribution in [0, 0.1) is 0 Å². The Kier molecular flexibility index (Phi) is 3.66. The Hall–Kier alpha value is -0.390. The van der Waals surface area contributed by atoms with Gasteiger partial charge in [0, 0.05) is 17.0 Å². The molecule has 0 aliphatic carbocycles. The minimum Gasteiger partial charge on any atom is -0.305 e. The van der Waals surface area contributed by atoms with E-state index < -0.39 is 9.84 Å². The fourth-order valence-corrected chi connectivity index (χ4v) is 4.66. The van der Waals surface area contributed by atoms with Gasteiger partial charge < -0.3 is 5.32 Å². The fraction of sp³-hybridized carbons (Fsp3) is 0.636. The van der Waals surface area contributed by atoms with Crippen molar-refractivity contribution in [2.45, 2.75) is 31.8 Å². The van der Waals surface area contributed by atoms with Gasteiger partial charge in [0.2, 0.25) is 0 Å². The van der Waals surface area contributed by atoms with Crippen LogP contribution >= 0.6 is 11.3 Å². The third-order valence-corrected chi connectivity index (χ3v) is 5.72. The molecule has 0 aromatic carbocycles. The molecule has 1 aromatic heterocycles. The minimum atomic E-state index is -2.78. The third kappa shape index (κ3) is 2.84. The second-order valence-electron chi connectivity index (χ2n) is 4.24. The minimum absolute atomic E-state index is 0.136. The first kappa shape index (κ1) is 12.1. The summed E-state index contributed by atoms with van der Waals surface area (Å²) in [4.78, 5) is 1.30. The predicted octanol–water partition coefficient (Wildman–Crippen LogP) is 1.98. The quantitative estimate of drug-likeness (QED) is 0.899. The Morgan fingerprint density at radius 2 is 2.44 bits per heavy atom. The van der Waals surface area contributed by atoms with Crippen molar-refractivity contribution in [3.63, 3.8) is 0 Å². The Labute approximate surface area is 101 Å². The van der Waals surface area contributed by atoms with E-state index in [0.717, 1.165) is 12.8 Å². The van der Waals surface area contributed by atoms with Crippen LogP contribution in [-0.4, -0.2) is 26.0 Å². The second kappa shape index (κ2) is 4.85. The molecule has 0 spiro atoms. The van der Waals surface area contributed by atoms with Crippen molar-refractivity contribution in [3.8, 4) is 0 Å². The molecule has 1 fully saturated rings. The van der Waals surface area contributed by atoms with E-state index in [2.05, 4.69) is 23.7 Å². The van der Waals surface area contributed by atoms with Gasteiger partial charge >= 0.3 is 0 Å². The Morgan fingerprint density at radius 3 is 2.94 bits per heavy atom. The van der Waals surface area contributed by atoms with Gasteiger partial charge in [-0.05, 0) is 24.3 Å². The molecule has 0 radical (unpaired) electrons. The number of thiophene rings is 1. The highest BCUT2D eigenvalue weighted by molar-refractivity contribution is 7.91. The molecule has 2 rings (SSSR count). The number of rotatable bonds is 4. The van der Waals surface area contributed by atoms with Crippen molar-refractivity contribution >= 4 is 21.2 Å². The summed E-state index contributed by atoms with van der Waals surface area (Å²) in [6.45, 7) is 2.13. The first-order chi connectivity index (χ1) is 7.61. The van der Waals surface area contributed by atoms with Gasteiger partial charge in [0.1, 0.15) is 0 Å². The standard InChI is InChI=1S/C11H17NO2S2/c1-2-10(11-4-3-6-15-11)12-9-5-7-16(13,14)8-9/h3-4,6,9-10,12H,2,5,7-8H2,1H3. The monoisotopic (exact) mass is 259 g/mol. The first-order valence-corrected chi connectivity index (χ1v) is 8.30. The summed E-state index contributed by atoms with van der Waals surface area (Å²) in [7, 11) is -2.78. The number of sulfone groups is 1. The summed E-state index contributed by atoms with van der Waals surface area (Å²) in [6.07, 6.45) is 1.75. The molecular weight excluding hydrogens is 242 g/mol. The van der Waals surface area contributed by atoms with Gasteiger partial charge in [-0.2, -0.15) is 0 Å². The highest BCUT2D eigenvalue weighted by Gasteiger charge is 2.29. The van der Waals surface area contributed by atoms with Gasteiger partial charge in [0.15, 0.2) is 9.84 Å². The van der Waals surface area contributed by atoms with E-state index in [-0.39, 0.29) is 6.04 Å². The van der Waals surface area contributed by atoms with Gasteiger partial charge in [0.25, 0.3) is 0 Å². The molecule has 1 aromatic rings. The van der Waals surface area contributed by atoms with Crippen LogP contribution in [0.25, 0.3) is 0 Å². The molecule has 1 saturated heterocycles. The molecule has 0 bridgehead atoms. The van der Waals surface area contributed by atoms with Crippen molar-refractivity contribution in [3.05, 3.63) is 22.4 Å². The summed E-state index contributed by atoms with van der Waals surface area (Å²) in [6, 6.07) is 4.58. The topological polar surface area (TPSA) is 46.2 Å². The Balaban J connectivity index is 1.98. The highest BCUT2D eigenvalue weighted by Crippen LogP contribution is 2.24. The van der Waals surface area contributed by atoms with Gasteiger partial charge in [-0.3, -0.25) is 0 Å². The van der Waals surface area contributed by atoms with E-state index in [0.29, 0.717) is 17.5 Å². The number of nitrogens with one attached hydrogen (secondary N) is 1. The zero-order valence-corrected chi connectivity index (χ0v) is 11.0. The summed E-state index contributed by atoms with van der Waals surface area (Å²) >= 11 is 1.73. The maximum Gasteiger partial charge on any atom is 0.151 e. The summed E-state index contributed by atoms with van der Waals surface area (Å²) in [5, 5.41) is 5.52. The van der Waals surface area contributed by atoms with Crippen LogP contribution in [0.5, 0.6) is 0 Å². The molecule has 2 atom stereocenters. The second-order valence-corrected chi connectivity index (χ2v) is 7.45. The zero-order chi connectivity index (χ0) is 11.6. The van der Waals surface area contributed by atoms with E-state index in [1.807, 2.05) is 6.07 Å². The maximum atomic E-state index is 11.4. The molecule has 90 valence electrons. The van der Waals surface area contributed by atoms with Gasteiger partial charge in [-0.1, -0.05) is 13.0 Å². The van der Waals surface area contributed by atoms with Crippen molar-refractivity contribution in [2.75, 3.05) is 11.5 Å². The molecule has 16 heavy (non-hydrogen) atoms. The van der Waals surface area contributed by atoms with Crippen LogP contribution in [0.4, 0.5) is 0 Å². The number of hydrogen-bond donors (Lipinski definition) is 1. The summed E-state index contributed by atoms with van der Waals surface area (Å²) in [5.74, 6) is 0.639. The van der Waals surface area contributed by atoms with E-state index >= 15 is 0 Å². The van der Waals surface area contributed by atoms with Gasteiger partial charge in [-0.15, -0.1) is 11.3 Å². The third-order valence-electron chi connectivity index (χ3n) is 2.96. The van der Waals surface area contributed by atoms with Gasteiger partial charge in [-0.25, -0.2) is 8.42 Å². The lowest BCUT2D eigenvalue weighted by Crippen LogP contribution is -2.33. The number of hydrogen-bond acceptors (Lipinski definition) is 4.